The highest BCUT2D eigenvalue weighted by Crippen LogP contribution is 2.26. The number of ether oxygens (including phenoxy) is 1. The lowest BCUT2D eigenvalue weighted by Crippen LogP contribution is -2.13. The van der Waals surface area contributed by atoms with E-state index in [1.165, 1.54) is 5.56 Å². The number of nitrogens with one attached hydrogen (secondary N) is 1. The highest BCUT2D eigenvalue weighted by molar-refractivity contribution is 5.27. The van der Waals surface area contributed by atoms with Crippen molar-refractivity contribution in [1.29, 1.82) is 0 Å². The van der Waals surface area contributed by atoms with Gasteiger partial charge in [-0.3, -0.25) is 5.10 Å². The van der Waals surface area contributed by atoms with Gasteiger partial charge in [0.15, 0.2) is 11.6 Å². The van der Waals surface area contributed by atoms with E-state index >= 15 is 0 Å². The molecule has 2 unspecified atom stereocenters. The summed E-state index contributed by atoms with van der Waals surface area (Å²) in [5.74, 6) is 1.41. The van der Waals surface area contributed by atoms with Crippen molar-refractivity contribution in [2.24, 2.45) is 5.73 Å². The zero-order valence-electron chi connectivity index (χ0n) is 11.0. The summed E-state index contributed by atoms with van der Waals surface area (Å²) in [5, 5.41) is 7.16. The van der Waals surface area contributed by atoms with E-state index in [4.69, 9.17) is 10.5 Å². The third-order valence-corrected chi connectivity index (χ3v) is 3.47. The predicted octanol–water partition coefficient (Wildman–Crippen LogP) is 2.01. The van der Waals surface area contributed by atoms with Crippen LogP contribution in [0.1, 0.15) is 47.8 Å². The van der Waals surface area contributed by atoms with E-state index in [0.717, 1.165) is 30.8 Å². The maximum absolute atomic E-state index is 6.19. The van der Waals surface area contributed by atoms with Gasteiger partial charge in [0.1, 0.15) is 6.10 Å². The summed E-state index contributed by atoms with van der Waals surface area (Å²) in [6.07, 6.45) is 2.12. The Balaban J connectivity index is 1.79. The number of H-pyrrole nitrogens is 1. The zero-order valence-corrected chi connectivity index (χ0v) is 11.0. The molecule has 19 heavy (non-hydrogen) atoms. The number of aryl methyl sites for hydroxylation is 1. The smallest absolute Gasteiger partial charge is 0.171 e. The molecule has 1 aromatic carbocycles. The maximum Gasteiger partial charge on any atom is 0.171 e. The second-order valence-corrected chi connectivity index (χ2v) is 4.97. The Morgan fingerprint density at radius 1 is 1.37 bits per heavy atom. The summed E-state index contributed by atoms with van der Waals surface area (Å²) in [6.45, 7) is 2.85. The van der Waals surface area contributed by atoms with Crippen LogP contribution in [0.4, 0.5) is 0 Å². The molecular formula is C14H18N4O. The fourth-order valence-corrected chi connectivity index (χ4v) is 2.29. The Kier molecular flexibility index (Phi) is 3.31. The van der Waals surface area contributed by atoms with Gasteiger partial charge in [0, 0.05) is 6.61 Å². The largest absolute Gasteiger partial charge is 0.370 e. The van der Waals surface area contributed by atoms with Gasteiger partial charge >= 0.3 is 0 Å². The molecule has 3 rings (SSSR count). The first kappa shape index (κ1) is 12.3. The van der Waals surface area contributed by atoms with Crippen molar-refractivity contribution < 1.29 is 4.74 Å². The normalized spacial score (nSPS) is 20.6. The molecule has 0 saturated carbocycles. The van der Waals surface area contributed by atoms with Crippen molar-refractivity contribution in [1.82, 2.24) is 15.2 Å². The van der Waals surface area contributed by atoms with Crippen LogP contribution < -0.4 is 5.73 Å². The Morgan fingerprint density at radius 2 is 2.16 bits per heavy atom. The van der Waals surface area contributed by atoms with Crippen LogP contribution in [0.3, 0.4) is 0 Å². The van der Waals surface area contributed by atoms with E-state index in [0.29, 0.717) is 5.82 Å². The highest BCUT2D eigenvalue weighted by atomic mass is 16.5. The zero-order chi connectivity index (χ0) is 13.2. The van der Waals surface area contributed by atoms with Crippen LogP contribution in [0.2, 0.25) is 0 Å². The van der Waals surface area contributed by atoms with Crippen LogP contribution in [0.5, 0.6) is 0 Å². The number of aromatic nitrogens is 3. The van der Waals surface area contributed by atoms with Gasteiger partial charge < -0.3 is 10.5 Å². The molecule has 5 nitrogen and oxygen atoms in total. The van der Waals surface area contributed by atoms with Crippen molar-refractivity contribution in [3.63, 3.8) is 0 Å². The molecule has 100 valence electrons. The van der Waals surface area contributed by atoms with Gasteiger partial charge in [-0.2, -0.15) is 5.10 Å². The van der Waals surface area contributed by atoms with Crippen LogP contribution in [0, 0.1) is 6.92 Å². The summed E-state index contributed by atoms with van der Waals surface area (Å²) in [5.41, 5.74) is 8.42. The van der Waals surface area contributed by atoms with Gasteiger partial charge in [0.25, 0.3) is 0 Å². The van der Waals surface area contributed by atoms with Crippen LogP contribution in [0.15, 0.2) is 24.3 Å². The first-order valence-electron chi connectivity index (χ1n) is 6.60. The van der Waals surface area contributed by atoms with Gasteiger partial charge in [0.2, 0.25) is 0 Å². The Bertz CT molecular complexity index is 543. The molecule has 3 N–H and O–H groups in total. The van der Waals surface area contributed by atoms with Gasteiger partial charge in [-0.05, 0) is 25.3 Å². The van der Waals surface area contributed by atoms with Crippen LogP contribution >= 0.6 is 0 Å². The summed E-state index contributed by atoms with van der Waals surface area (Å²) >= 11 is 0. The van der Waals surface area contributed by atoms with E-state index in [-0.39, 0.29) is 12.1 Å². The number of hydrogen-bond donors (Lipinski definition) is 2. The first-order chi connectivity index (χ1) is 9.24. The molecular weight excluding hydrogens is 240 g/mol. The minimum absolute atomic E-state index is 0.0477. The molecule has 0 amide bonds. The van der Waals surface area contributed by atoms with Crippen LogP contribution in [-0.2, 0) is 4.74 Å². The number of aromatic amines is 1. The van der Waals surface area contributed by atoms with Crippen molar-refractivity contribution >= 4 is 0 Å². The average Bonchev–Trinajstić information content (AvgIpc) is 3.10. The molecule has 2 heterocycles. The number of hydrogen-bond acceptors (Lipinski definition) is 4. The molecule has 1 aliphatic rings. The molecule has 0 spiro atoms. The number of nitrogens with two attached hydrogens (primary N) is 1. The first-order valence-corrected chi connectivity index (χ1v) is 6.60. The lowest BCUT2D eigenvalue weighted by atomic mass is 10.1. The van der Waals surface area contributed by atoms with E-state index in [9.17, 15) is 0 Å². The molecule has 5 heteroatoms. The van der Waals surface area contributed by atoms with Crippen LogP contribution in [-0.4, -0.2) is 21.8 Å². The molecule has 0 aliphatic carbocycles. The predicted molar refractivity (Wildman–Crippen MR) is 71.5 cm³/mol. The van der Waals surface area contributed by atoms with E-state index < -0.39 is 0 Å². The fraction of sp³-hybridized carbons (Fsp3) is 0.429. The molecule has 0 radical (unpaired) electrons. The summed E-state index contributed by atoms with van der Waals surface area (Å²) < 4.78 is 5.58. The molecule has 1 aromatic heterocycles. The molecule has 0 bridgehead atoms. The van der Waals surface area contributed by atoms with Crippen molar-refractivity contribution in [2.75, 3.05) is 6.61 Å². The van der Waals surface area contributed by atoms with Gasteiger partial charge in [-0.25, -0.2) is 4.98 Å². The summed E-state index contributed by atoms with van der Waals surface area (Å²) in [6, 6.07) is 7.82. The number of nitrogens with zero attached hydrogens (tertiary/aromatic N) is 2. The number of rotatable bonds is 3. The Morgan fingerprint density at radius 3 is 2.84 bits per heavy atom. The second kappa shape index (κ2) is 5.11. The third-order valence-electron chi connectivity index (χ3n) is 3.47. The molecule has 1 aliphatic heterocycles. The minimum atomic E-state index is -0.299. The molecule has 2 aromatic rings. The molecule has 2 atom stereocenters. The van der Waals surface area contributed by atoms with Crippen molar-refractivity contribution in [3.8, 4) is 0 Å². The molecule has 1 fully saturated rings. The van der Waals surface area contributed by atoms with E-state index in [1.807, 2.05) is 24.3 Å². The minimum Gasteiger partial charge on any atom is -0.370 e. The lowest BCUT2D eigenvalue weighted by molar-refractivity contribution is 0.105. The van der Waals surface area contributed by atoms with E-state index in [2.05, 4.69) is 22.1 Å². The second-order valence-electron chi connectivity index (χ2n) is 4.97. The number of benzene rings is 1. The van der Waals surface area contributed by atoms with Gasteiger partial charge in [-0.15, -0.1) is 0 Å². The van der Waals surface area contributed by atoms with E-state index in [1.54, 1.807) is 0 Å². The maximum atomic E-state index is 6.19. The Labute approximate surface area is 112 Å². The van der Waals surface area contributed by atoms with Crippen molar-refractivity contribution in [2.45, 2.75) is 31.9 Å². The van der Waals surface area contributed by atoms with Gasteiger partial charge in [-0.1, -0.05) is 29.8 Å². The lowest BCUT2D eigenvalue weighted by Gasteiger charge is -2.08. The summed E-state index contributed by atoms with van der Waals surface area (Å²) in [4.78, 5) is 4.47. The Hall–Kier alpha value is -1.72. The van der Waals surface area contributed by atoms with Gasteiger partial charge in [0.05, 0.1) is 6.04 Å². The topological polar surface area (TPSA) is 76.8 Å². The summed E-state index contributed by atoms with van der Waals surface area (Å²) in [7, 11) is 0. The average molecular weight is 258 g/mol. The quantitative estimate of drug-likeness (QED) is 0.883. The molecule has 1 saturated heterocycles. The fourth-order valence-electron chi connectivity index (χ4n) is 2.29. The SMILES string of the molecule is Cc1ccc(C(N)c2n[nH]c(C3CCCO3)n2)cc1. The standard InChI is InChI=1S/C14H18N4O/c1-9-4-6-10(7-5-9)12(15)14-16-13(17-18-14)11-3-2-8-19-11/h4-7,11-12H,2-3,8,15H2,1H3,(H,16,17,18). The van der Waals surface area contributed by atoms with Crippen molar-refractivity contribution in [3.05, 3.63) is 47.0 Å². The van der Waals surface area contributed by atoms with Crippen LogP contribution in [0.25, 0.3) is 0 Å². The third kappa shape index (κ3) is 2.52. The highest BCUT2D eigenvalue weighted by Gasteiger charge is 2.23. The monoisotopic (exact) mass is 258 g/mol.